The predicted octanol–water partition coefficient (Wildman–Crippen LogP) is 4.84. The number of carbonyl (C=O) groups is 1. The summed E-state index contributed by atoms with van der Waals surface area (Å²) in [5.74, 6) is 0.771. The molecule has 4 aromatic rings. The first-order valence-corrected chi connectivity index (χ1v) is 11.4. The Bertz CT molecular complexity index is 1430. The lowest BCUT2D eigenvalue weighted by Crippen LogP contribution is -2.14. The van der Waals surface area contributed by atoms with E-state index in [0.29, 0.717) is 47.2 Å². The summed E-state index contributed by atoms with van der Waals surface area (Å²) in [7, 11) is 1.56. The molecule has 4 N–H and O–H groups in total. The number of fused-ring (bicyclic) bond motifs is 1. The first-order valence-electron chi connectivity index (χ1n) is 11.4. The summed E-state index contributed by atoms with van der Waals surface area (Å²) in [4.78, 5) is 19.8. The fourth-order valence-corrected chi connectivity index (χ4v) is 3.57. The highest BCUT2D eigenvalue weighted by Crippen LogP contribution is 2.34. The SMILES string of the molecule is COc1cc2ncnc(Nc3ccc(F)c(C)c3)c2cc1OCCNc1ccc(/C=C/C(=O)NO)cc1. The second kappa shape index (κ2) is 11.8. The molecule has 0 saturated heterocycles. The van der Waals surface area contributed by atoms with Crippen molar-refractivity contribution in [2.75, 3.05) is 30.9 Å². The molecule has 37 heavy (non-hydrogen) atoms. The summed E-state index contributed by atoms with van der Waals surface area (Å²) in [5, 5.41) is 15.8. The van der Waals surface area contributed by atoms with E-state index in [1.807, 2.05) is 30.3 Å². The third-order valence-electron chi connectivity index (χ3n) is 5.48. The van der Waals surface area contributed by atoms with Gasteiger partial charge in [0, 0.05) is 35.4 Å². The van der Waals surface area contributed by atoms with Crippen LogP contribution in [-0.4, -0.2) is 41.3 Å². The van der Waals surface area contributed by atoms with E-state index in [2.05, 4.69) is 20.6 Å². The second-order valence-electron chi connectivity index (χ2n) is 8.04. The molecule has 0 radical (unpaired) electrons. The van der Waals surface area contributed by atoms with E-state index in [-0.39, 0.29) is 5.82 Å². The topological polar surface area (TPSA) is 118 Å². The molecular formula is C27H26FN5O4. The fraction of sp³-hybridized carbons (Fsp3) is 0.148. The average molecular weight is 504 g/mol. The number of halogens is 1. The van der Waals surface area contributed by atoms with E-state index < -0.39 is 5.91 Å². The van der Waals surface area contributed by atoms with Crippen molar-refractivity contribution >= 4 is 40.1 Å². The molecular weight excluding hydrogens is 477 g/mol. The van der Waals surface area contributed by atoms with Crippen molar-refractivity contribution in [1.82, 2.24) is 15.4 Å². The van der Waals surface area contributed by atoms with Gasteiger partial charge in [0.25, 0.3) is 5.91 Å². The lowest BCUT2D eigenvalue weighted by atomic mass is 10.2. The van der Waals surface area contributed by atoms with Crippen molar-refractivity contribution in [3.8, 4) is 11.5 Å². The molecule has 1 aromatic heterocycles. The van der Waals surface area contributed by atoms with Crippen molar-refractivity contribution in [1.29, 1.82) is 0 Å². The molecule has 0 atom stereocenters. The smallest absolute Gasteiger partial charge is 0.267 e. The Hall–Kier alpha value is -4.70. The van der Waals surface area contributed by atoms with Crippen molar-refractivity contribution in [2.24, 2.45) is 0 Å². The third kappa shape index (κ3) is 6.50. The van der Waals surface area contributed by atoms with Gasteiger partial charge in [0.15, 0.2) is 11.5 Å². The predicted molar refractivity (Wildman–Crippen MR) is 140 cm³/mol. The van der Waals surface area contributed by atoms with Gasteiger partial charge >= 0.3 is 0 Å². The molecule has 0 fully saturated rings. The van der Waals surface area contributed by atoms with Crippen LogP contribution in [0.2, 0.25) is 0 Å². The van der Waals surface area contributed by atoms with E-state index in [0.717, 1.165) is 16.6 Å². The number of nitrogens with one attached hydrogen (secondary N) is 3. The largest absolute Gasteiger partial charge is 0.493 e. The summed E-state index contributed by atoms with van der Waals surface area (Å²) in [5.41, 5.74) is 5.15. The molecule has 0 spiro atoms. The Morgan fingerprint density at radius 1 is 1.05 bits per heavy atom. The van der Waals surface area contributed by atoms with E-state index in [1.54, 1.807) is 43.8 Å². The normalized spacial score (nSPS) is 10.9. The number of aryl methyl sites for hydroxylation is 1. The number of nitrogens with zero attached hydrogens (tertiary/aromatic N) is 2. The minimum absolute atomic E-state index is 0.271. The second-order valence-corrected chi connectivity index (χ2v) is 8.04. The van der Waals surface area contributed by atoms with Crippen molar-refractivity contribution in [3.05, 3.63) is 83.9 Å². The number of amides is 1. The molecule has 0 aliphatic rings. The molecule has 1 amide bonds. The Kier molecular flexibility index (Phi) is 8.11. The van der Waals surface area contributed by atoms with Gasteiger partial charge in [0.1, 0.15) is 24.6 Å². The van der Waals surface area contributed by atoms with Gasteiger partial charge in [-0.3, -0.25) is 10.0 Å². The number of benzene rings is 3. The lowest BCUT2D eigenvalue weighted by molar-refractivity contribution is -0.124. The van der Waals surface area contributed by atoms with Gasteiger partial charge in [-0.25, -0.2) is 19.8 Å². The summed E-state index contributed by atoms with van der Waals surface area (Å²) in [6.07, 6.45) is 4.28. The van der Waals surface area contributed by atoms with Crippen LogP contribution in [0.5, 0.6) is 11.5 Å². The van der Waals surface area contributed by atoms with Crippen LogP contribution in [0, 0.1) is 12.7 Å². The zero-order valence-electron chi connectivity index (χ0n) is 20.3. The molecule has 190 valence electrons. The number of hydroxylamine groups is 1. The third-order valence-corrected chi connectivity index (χ3v) is 5.48. The van der Waals surface area contributed by atoms with Gasteiger partial charge in [-0.15, -0.1) is 0 Å². The number of hydrogen-bond donors (Lipinski definition) is 4. The molecule has 1 heterocycles. The summed E-state index contributed by atoms with van der Waals surface area (Å²) in [6.45, 7) is 2.58. The zero-order valence-corrected chi connectivity index (χ0v) is 20.3. The van der Waals surface area contributed by atoms with E-state index >= 15 is 0 Å². The first kappa shape index (κ1) is 25.4. The van der Waals surface area contributed by atoms with Crippen LogP contribution < -0.4 is 25.6 Å². The van der Waals surface area contributed by atoms with Crippen molar-refractivity contribution in [2.45, 2.75) is 6.92 Å². The van der Waals surface area contributed by atoms with Gasteiger partial charge in [-0.05, 0) is 60.5 Å². The van der Waals surface area contributed by atoms with Crippen LogP contribution in [-0.2, 0) is 4.79 Å². The Labute approximate surface area is 212 Å². The number of carbonyl (C=O) groups excluding carboxylic acids is 1. The van der Waals surface area contributed by atoms with Crippen LogP contribution in [0.15, 0.2) is 67.0 Å². The van der Waals surface area contributed by atoms with Crippen LogP contribution in [0.25, 0.3) is 17.0 Å². The number of ether oxygens (including phenoxy) is 2. The molecule has 4 rings (SSSR count). The monoisotopic (exact) mass is 503 g/mol. The Morgan fingerprint density at radius 2 is 1.84 bits per heavy atom. The van der Waals surface area contributed by atoms with Crippen molar-refractivity contribution < 1.29 is 23.9 Å². The Balaban J connectivity index is 1.43. The minimum atomic E-state index is -0.594. The van der Waals surface area contributed by atoms with Gasteiger partial charge in [0.05, 0.1) is 12.6 Å². The van der Waals surface area contributed by atoms with Gasteiger partial charge in [-0.1, -0.05) is 12.1 Å². The quantitative estimate of drug-likeness (QED) is 0.105. The molecule has 3 aromatic carbocycles. The molecule has 0 saturated carbocycles. The van der Waals surface area contributed by atoms with Crippen LogP contribution >= 0.6 is 0 Å². The minimum Gasteiger partial charge on any atom is -0.493 e. The molecule has 0 unspecified atom stereocenters. The molecule has 0 aliphatic heterocycles. The summed E-state index contributed by atoms with van der Waals surface area (Å²) in [6, 6.07) is 15.8. The number of rotatable bonds is 10. The van der Waals surface area contributed by atoms with Crippen LogP contribution in [0.4, 0.5) is 21.6 Å². The summed E-state index contributed by atoms with van der Waals surface area (Å²) < 4.78 is 25.2. The van der Waals surface area contributed by atoms with Crippen LogP contribution in [0.1, 0.15) is 11.1 Å². The first-order chi connectivity index (χ1) is 18.0. The summed E-state index contributed by atoms with van der Waals surface area (Å²) >= 11 is 0. The van der Waals surface area contributed by atoms with Crippen LogP contribution in [0.3, 0.4) is 0 Å². The molecule has 0 aliphatic carbocycles. The highest BCUT2D eigenvalue weighted by Gasteiger charge is 2.12. The Morgan fingerprint density at radius 3 is 2.57 bits per heavy atom. The maximum Gasteiger partial charge on any atom is 0.267 e. The van der Waals surface area contributed by atoms with E-state index in [9.17, 15) is 9.18 Å². The number of hydrogen-bond acceptors (Lipinski definition) is 8. The maximum absolute atomic E-state index is 13.7. The van der Waals surface area contributed by atoms with Gasteiger partial charge in [0.2, 0.25) is 0 Å². The fourth-order valence-electron chi connectivity index (χ4n) is 3.57. The van der Waals surface area contributed by atoms with Crippen molar-refractivity contribution in [3.63, 3.8) is 0 Å². The number of methoxy groups -OCH3 is 1. The van der Waals surface area contributed by atoms with Gasteiger partial charge < -0.3 is 20.1 Å². The number of anilines is 3. The van der Waals surface area contributed by atoms with Gasteiger partial charge in [-0.2, -0.15) is 0 Å². The molecule has 9 nitrogen and oxygen atoms in total. The molecule has 10 heteroatoms. The number of aromatic nitrogens is 2. The zero-order chi connectivity index (χ0) is 26.2. The van der Waals surface area contributed by atoms with E-state index in [4.69, 9.17) is 14.7 Å². The molecule has 0 bridgehead atoms. The van der Waals surface area contributed by atoms with E-state index in [1.165, 1.54) is 18.5 Å². The average Bonchev–Trinajstić information content (AvgIpc) is 2.92. The lowest BCUT2D eigenvalue weighted by Gasteiger charge is -2.14. The standard InChI is InChI=1S/C27H26FN5O4/c1-17-13-20(8-9-22(17)28)32-27-21-14-25(24(36-2)15-23(21)30-16-31-27)37-12-11-29-19-6-3-18(4-7-19)5-10-26(34)33-35/h3-10,13-16,29,35H,11-12H2,1-2H3,(H,33,34)(H,30,31,32)/b10-5+. The highest BCUT2D eigenvalue weighted by atomic mass is 19.1. The maximum atomic E-state index is 13.7. The highest BCUT2D eigenvalue weighted by molar-refractivity contribution is 5.93.